The molecule has 0 fully saturated rings. The van der Waals surface area contributed by atoms with Crippen LogP contribution in [0.5, 0.6) is 0 Å². The van der Waals surface area contributed by atoms with Gasteiger partial charge in [-0.3, -0.25) is 10.1 Å². The summed E-state index contributed by atoms with van der Waals surface area (Å²) in [5.41, 5.74) is 7.70. The van der Waals surface area contributed by atoms with Crippen molar-refractivity contribution < 1.29 is 14.7 Å². The van der Waals surface area contributed by atoms with E-state index < -0.39 is 12.0 Å². The van der Waals surface area contributed by atoms with Crippen LogP contribution in [0.25, 0.3) is 11.1 Å². The minimum absolute atomic E-state index is 0.411. The molecule has 5 nitrogen and oxygen atoms in total. The van der Waals surface area contributed by atoms with Gasteiger partial charge in [-0.25, -0.2) is 4.79 Å². The maximum atomic E-state index is 11.1. The molecule has 2 amide bonds. The van der Waals surface area contributed by atoms with Gasteiger partial charge in [-0.05, 0) is 35.4 Å². The number of nitrogens with one attached hydrogen (secondary N) is 1. The van der Waals surface area contributed by atoms with E-state index in [4.69, 9.17) is 10.8 Å². The van der Waals surface area contributed by atoms with E-state index in [1.54, 1.807) is 36.4 Å². The Hall–Kier alpha value is -2.82. The van der Waals surface area contributed by atoms with Gasteiger partial charge in [-0.2, -0.15) is 0 Å². The minimum Gasteiger partial charge on any atom is -0.465 e. The zero-order valence-electron chi connectivity index (χ0n) is 9.96. The molecule has 0 aromatic heterocycles. The number of carbonyl (C=O) groups excluding carboxylic acids is 1. The lowest BCUT2D eigenvalue weighted by atomic mass is 10.0. The van der Waals surface area contributed by atoms with Gasteiger partial charge in [0.1, 0.15) is 0 Å². The first-order valence-corrected chi connectivity index (χ1v) is 5.56. The molecule has 0 saturated heterocycles. The second-order valence-electron chi connectivity index (χ2n) is 3.96. The van der Waals surface area contributed by atoms with Gasteiger partial charge in [0.05, 0.1) is 0 Å². The minimum atomic E-state index is -1.12. The molecular formula is C14H12N2O3. The standard InChI is InChI=1S/C14H12N2O3/c15-13(17)11-5-1-3-9(7-11)10-4-2-6-12(8-10)16-14(18)19/h1-8,16H,(H2,15,17)(H,18,19). The van der Waals surface area contributed by atoms with Crippen LogP contribution in [0.2, 0.25) is 0 Å². The number of benzene rings is 2. The number of hydrogen-bond donors (Lipinski definition) is 3. The molecular weight excluding hydrogens is 244 g/mol. The number of nitrogens with two attached hydrogens (primary N) is 1. The number of carbonyl (C=O) groups is 2. The molecule has 2 aromatic rings. The fourth-order valence-electron chi connectivity index (χ4n) is 1.75. The molecule has 4 N–H and O–H groups in total. The highest BCUT2D eigenvalue weighted by Gasteiger charge is 2.05. The molecule has 0 atom stereocenters. The zero-order valence-corrected chi connectivity index (χ0v) is 9.96. The van der Waals surface area contributed by atoms with Crippen molar-refractivity contribution in [1.82, 2.24) is 0 Å². The molecule has 0 radical (unpaired) electrons. The maximum Gasteiger partial charge on any atom is 0.409 e. The van der Waals surface area contributed by atoms with Crippen molar-refractivity contribution in [3.8, 4) is 11.1 Å². The van der Waals surface area contributed by atoms with Gasteiger partial charge >= 0.3 is 6.09 Å². The van der Waals surface area contributed by atoms with E-state index >= 15 is 0 Å². The van der Waals surface area contributed by atoms with Crippen LogP contribution < -0.4 is 11.1 Å². The Bertz CT molecular complexity index is 638. The van der Waals surface area contributed by atoms with Crippen molar-refractivity contribution in [2.24, 2.45) is 5.73 Å². The number of amides is 2. The summed E-state index contributed by atoms with van der Waals surface area (Å²) in [6, 6.07) is 13.8. The van der Waals surface area contributed by atoms with Crippen LogP contribution in [0.3, 0.4) is 0 Å². The third-order valence-corrected chi connectivity index (χ3v) is 2.59. The third kappa shape index (κ3) is 3.10. The lowest BCUT2D eigenvalue weighted by molar-refractivity contribution is 0.1000. The number of primary amides is 1. The highest BCUT2D eigenvalue weighted by atomic mass is 16.4. The number of hydrogen-bond acceptors (Lipinski definition) is 2. The van der Waals surface area contributed by atoms with Gasteiger partial charge in [0, 0.05) is 11.3 Å². The Morgan fingerprint density at radius 2 is 1.63 bits per heavy atom. The molecule has 2 aromatic carbocycles. The Balaban J connectivity index is 2.38. The predicted octanol–water partition coefficient (Wildman–Crippen LogP) is 2.54. The van der Waals surface area contributed by atoms with Crippen LogP contribution in [0.15, 0.2) is 48.5 Å². The van der Waals surface area contributed by atoms with Gasteiger partial charge in [0.15, 0.2) is 0 Å². The average molecular weight is 256 g/mol. The fraction of sp³-hybridized carbons (Fsp3) is 0. The van der Waals surface area contributed by atoms with Crippen molar-refractivity contribution in [2.75, 3.05) is 5.32 Å². The highest BCUT2D eigenvalue weighted by molar-refractivity contribution is 5.94. The lowest BCUT2D eigenvalue weighted by Crippen LogP contribution is -2.10. The van der Waals surface area contributed by atoms with E-state index in [2.05, 4.69) is 5.32 Å². The first-order valence-electron chi connectivity index (χ1n) is 5.56. The first-order chi connectivity index (χ1) is 9.06. The van der Waals surface area contributed by atoms with E-state index in [1.165, 1.54) is 0 Å². The van der Waals surface area contributed by atoms with Crippen molar-refractivity contribution >= 4 is 17.7 Å². The number of anilines is 1. The van der Waals surface area contributed by atoms with Gasteiger partial charge in [-0.15, -0.1) is 0 Å². The number of carboxylic acid groups (broad SMARTS) is 1. The van der Waals surface area contributed by atoms with Crippen LogP contribution in [0.1, 0.15) is 10.4 Å². The second kappa shape index (κ2) is 5.22. The smallest absolute Gasteiger partial charge is 0.409 e. The molecule has 96 valence electrons. The van der Waals surface area contributed by atoms with E-state index in [0.29, 0.717) is 11.3 Å². The molecule has 19 heavy (non-hydrogen) atoms. The topological polar surface area (TPSA) is 92.4 Å². The van der Waals surface area contributed by atoms with Gasteiger partial charge in [0.2, 0.25) is 5.91 Å². The molecule has 0 bridgehead atoms. The van der Waals surface area contributed by atoms with Gasteiger partial charge in [0.25, 0.3) is 0 Å². The Kier molecular flexibility index (Phi) is 3.47. The molecule has 0 aliphatic heterocycles. The molecule has 0 aliphatic carbocycles. The third-order valence-electron chi connectivity index (χ3n) is 2.59. The maximum absolute atomic E-state index is 11.1. The summed E-state index contributed by atoms with van der Waals surface area (Å²) in [6.07, 6.45) is -1.12. The quantitative estimate of drug-likeness (QED) is 0.787. The van der Waals surface area contributed by atoms with Crippen molar-refractivity contribution in [1.29, 1.82) is 0 Å². The molecule has 0 unspecified atom stereocenters. The van der Waals surface area contributed by atoms with E-state index in [0.717, 1.165) is 11.1 Å². The van der Waals surface area contributed by atoms with Crippen LogP contribution >= 0.6 is 0 Å². The van der Waals surface area contributed by atoms with Crippen LogP contribution in [-0.2, 0) is 0 Å². The molecule has 5 heteroatoms. The first kappa shape index (κ1) is 12.6. The fourth-order valence-corrected chi connectivity index (χ4v) is 1.75. The normalized spacial score (nSPS) is 9.89. The highest BCUT2D eigenvalue weighted by Crippen LogP contribution is 2.23. The van der Waals surface area contributed by atoms with Crippen molar-refractivity contribution in [2.45, 2.75) is 0 Å². The summed E-state index contributed by atoms with van der Waals surface area (Å²) in [4.78, 5) is 21.7. The largest absolute Gasteiger partial charge is 0.465 e. The summed E-state index contributed by atoms with van der Waals surface area (Å²) in [7, 11) is 0. The van der Waals surface area contributed by atoms with E-state index in [-0.39, 0.29) is 0 Å². The van der Waals surface area contributed by atoms with Crippen molar-refractivity contribution in [3.63, 3.8) is 0 Å². The lowest BCUT2D eigenvalue weighted by Gasteiger charge is -2.06. The van der Waals surface area contributed by atoms with Crippen LogP contribution in [-0.4, -0.2) is 17.1 Å². The summed E-state index contributed by atoms with van der Waals surface area (Å²) in [5.74, 6) is -0.498. The Morgan fingerprint density at radius 1 is 1.00 bits per heavy atom. The van der Waals surface area contributed by atoms with E-state index in [9.17, 15) is 9.59 Å². The molecule has 2 rings (SSSR count). The number of rotatable bonds is 3. The summed E-state index contributed by atoms with van der Waals surface area (Å²) < 4.78 is 0. The van der Waals surface area contributed by atoms with Gasteiger partial charge < -0.3 is 10.8 Å². The van der Waals surface area contributed by atoms with Crippen molar-refractivity contribution in [3.05, 3.63) is 54.1 Å². The average Bonchev–Trinajstić information content (AvgIpc) is 2.38. The second-order valence-corrected chi connectivity index (χ2v) is 3.96. The molecule has 0 saturated carbocycles. The predicted molar refractivity (Wildman–Crippen MR) is 72.0 cm³/mol. The van der Waals surface area contributed by atoms with E-state index in [1.807, 2.05) is 12.1 Å². The zero-order chi connectivity index (χ0) is 13.8. The monoisotopic (exact) mass is 256 g/mol. The molecule has 0 heterocycles. The summed E-state index contributed by atoms with van der Waals surface area (Å²) in [5, 5.41) is 11.0. The van der Waals surface area contributed by atoms with Gasteiger partial charge in [-0.1, -0.05) is 24.3 Å². The Morgan fingerprint density at radius 3 is 2.26 bits per heavy atom. The summed E-state index contributed by atoms with van der Waals surface area (Å²) in [6.45, 7) is 0. The molecule has 0 spiro atoms. The Labute approximate surface area is 109 Å². The summed E-state index contributed by atoms with van der Waals surface area (Å²) >= 11 is 0. The van der Waals surface area contributed by atoms with Crippen LogP contribution in [0, 0.1) is 0 Å². The SMILES string of the molecule is NC(=O)c1cccc(-c2cccc(NC(=O)O)c2)c1. The molecule has 0 aliphatic rings. The van der Waals surface area contributed by atoms with Crippen LogP contribution in [0.4, 0.5) is 10.5 Å².